The molecule has 1 N–H and O–H groups in total. The van der Waals surface area contributed by atoms with Crippen LogP contribution < -0.4 is 9.50 Å². The third-order valence-electron chi connectivity index (χ3n) is 6.02. The van der Waals surface area contributed by atoms with Gasteiger partial charge in [0.15, 0.2) is 5.75 Å². The Morgan fingerprint density at radius 1 is 0.909 bits per heavy atom. The van der Waals surface area contributed by atoms with Gasteiger partial charge in [-0.3, -0.25) is 4.40 Å². The highest BCUT2D eigenvalue weighted by molar-refractivity contribution is 7.86. The predicted octanol–water partition coefficient (Wildman–Crippen LogP) is 5.65. The van der Waals surface area contributed by atoms with Crippen LogP contribution in [0.3, 0.4) is 0 Å². The molecule has 0 atom stereocenters. The number of hydrogen-bond donors (Lipinski definition) is 1. The number of hydrogen-bond acceptors (Lipinski definition) is 5. The monoisotopic (exact) mass is 461 g/mol. The Morgan fingerprint density at radius 3 is 2.45 bits per heavy atom. The minimum Gasteiger partial charge on any atom is -0.381 e. The van der Waals surface area contributed by atoms with Gasteiger partial charge >= 0.3 is 10.1 Å². The van der Waals surface area contributed by atoms with E-state index in [2.05, 4.69) is 5.32 Å². The van der Waals surface area contributed by atoms with Gasteiger partial charge in [-0.25, -0.2) is 4.98 Å². The number of para-hydroxylation sites is 1. The maximum atomic E-state index is 12.9. The quantitative estimate of drug-likeness (QED) is 0.360. The zero-order valence-corrected chi connectivity index (χ0v) is 19.2. The molecule has 2 heterocycles. The molecular weight excluding hydrogens is 434 g/mol. The van der Waals surface area contributed by atoms with Crippen LogP contribution in [-0.4, -0.2) is 23.8 Å². The average molecular weight is 462 g/mol. The predicted molar refractivity (Wildman–Crippen MR) is 131 cm³/mol. The van der Waals surface area contributed by atoms with Crippen molar-refractivity contribution >= 4 is 21.6 Å². The van der Waals surface area contributed by atoms with Crippen molar-refractivity contribution in [3.8, 4) is 17.0 Å². The summed E-state index contributed by atoms with van der Waals surface area (Å²) in [5, 5.41) is 3.70. The van der Waals surface area contributed by atoms with Gasteiger partial charge in [-0.2, -0.15) is 8.42 Å². The van der Waals surface area contributed by atoms with Crippen LogP contribution in [0.25, 0.3) is 16.9 Å². The molecule has 1 aliphatic rings. The normalized spacial score (nSPS) is 14.9. The number of benzene rings is 2. The van der Waals surface area contributed by atoms with Crippen molar-refractivity contribution in [2.24, 2.45) is 0 Å². The number of nitrogens with one attached hydrogen (secondary N) is 1. The molecule has 7 heteroatoms. The van der Waals surface area contributed by atoms with E-state index in [1.807, 2.05) is 59.1 Å². The van der Waals surface area contributed by atoms with Gasteiger partial charge in [0.25, 0.3) is 0 Å². The Morgan fingerprint density at radius 2 is 1.64 bits per heavy atom. The van der Waals surface area contributed by atoms with Crippen LogP contribution in [0.5, 0.6) is 5.75 Å². The van der Waals surface area contributed by atoms with Crippen molar-refractivity contribution in [2.75, 3.05) is 5.32 Å². The molecule has 6 nitrogen and oxygen atoms in total. The van der Waals surface area contributed by atoms with Crippen molar-refractivity contribution in [1.82, 2.24) is 9.38 Å². The zero-order valence-electron chi connectivity index (χ0n) is 18.4. The molecule has 1 aliphatic carbocycles. The molecule has 5 rings (SSSR count). The molecule has 2 aromatic carbocycles. The molecule has 1 fully saturated rings. The van der Waals surface area contributed by atoms with E-state index in [1.54, 1.807) is 24.3 Å². The van der Waals surface area contributed by atoms with Gasteiger partial charge in [0, 0.05) is 17.8 Å². The fourth-order valence-electron chi connectivity index (χ4n) is 4.44. The molecule has 170 valence electrons. The summed E-state index contributed by atoms with van der Waals surface area (Å²) < 4.78 is 33.4. The molecule has 2 aromatic heterocycles. The molecule has 0 amide bonds. The maximum Gasteiger partial charge on any atom is 0.313 e. The van der Waals surface area contributed by atoms with Gasteiger partial charge in [0.2, 0.25) is 0 Å². The highest BCUT2D eigenvalue weighted by atomic mass is 32.2. The molecular formula is C26H27N3O3S. The minimum absolute atomic E-state index is 0.194. The lowest BCUT2D eigenvalue weighted by molar-refractivity contribution is 0.461. The van der Waals surface area contributed by atoms with Crippen molar-refractivity contribution < 1.29 is 12.6 Å². The standard InChI is InChI=1S/C26H27N3O3S/c30-33(31,19-20-11-3-1-4-12-20)32-23-16-8-7-15-22(23)25-26(27-21-13-5-2-6-14-21)29-18-10-9-17-24(29)28-25/h1,3-4,7-12,15-18,21,27H,2,5-6,13-14,19H2. The fourth-order valence-corrected chi connectivity index (χ4v) is 5.52. The second kappa shape index (κ2) is 9.27. The number of imidazole rings is 1. The summed E-state index contributed by atoms with van der Waals surface area (Å²) in [6.45, 7) is 0. The Hall–Kier alpha value is -3.32. The number of aromatic nitrogens is 2. The molecule has 0 radical (unpaired) electrons. The smallest absolute Gasteiger partial charge is 0.313 e. The first-order chi connectivity index (χ1) is 16.1. The summed E-state index contributed by atoms with van der Waals surface area (Å²) in [5.41, 5.74) is 2.82. The van der Waals surface area contributed by atoms with Crippen molar-refractivity contribution in [3.05, 3.63) is 84.6 Å². The van der Waals surface area contributed by atoms with Gasteiger partial charge in [-0.05, 0) is 42.7 Å². The van der Waals surface area contributed by atoms with E-state index in [0.717, 1.165) is 24.3 Å². The van der Waals surface area contributed by atoms with E-state index in [4.69, 9.17) is 9.17 Å². The van der Waals surface area contributed by atoms with Gasteiger partial charge < -0.3 is 9.50 Å². The van der Waals surface area contributed by atoms with Crippen LogP contribution in [0, 0.1) is 0 Å². The van der Waals surface area contributed by atoms with E-state index in [0.29, 0.717) is 22.9 Å². The van der Waals surface area contributed by atoms with E-state index in [9.17, 15) is 8.42 Å². The summed E-state index contributed by atoms with van der Waals surface area (Å²) in [6, 6.07) is 22.5. The second-order valence-corrected chi connectivity index (χ2v) is 10.1. The molecule has 0 aliphatic heterocycles. The molecule has 0 bridgehead atoms. The third kappa shape index (κ3) is 4.88. The first-order valence-electron chi connectivity index (χ1n) is 11.4. The Balaban J connectivity index is 1.52. The topological polar surface area (TPSA) is 72.7 Å². The fraction of sp³-hybridized carbons (Fsp3) is 0.269. The molecule has 1 saturated carbocycles. The maximum absolute atomic E-state index is 12.9. The Bertz CT molecular complexity index is 1340. The van der Waals surface area contributed by atoms with Crippen molar-refractivity contribution in [2.45, 2.75) is 43.9 Å². The van der Waals surface area contributed by atoms with E-state index < -0.39 is 10.1 Å². The number of anilines is 1. The summed E-state index contributed by atoms with van der Waals surface area (Å²) in [4.78, 5) is 4.85. The number of pyridine rings is 1. The number of fused-ring (bicyclic) bond motifs is 1. The third-order valence-corrected chi connectivity index (χ3v) is 7.14. The van der Waals surface area contributed by atoms with Crippen LogP contribution in [0.4, 0.5) is 5.82 Å². The largest absolute Gasteiger partial charge is 0.381 e. The van der Waals surface area contributed by atoms with Crippen molar-refractivity contribution in [3.63, 3.8) is 0 Å². The lowest BCUT2D eigenvalue weighted by Gasteiger charge is -2.24. The summed E-state index contributed by atoms with van der Waals surface area (Å²) >= 11 is 0. The number of nitrogens with zero attached hydrogens (tertiary/aromatic N) is 2. The van der Waals surface area contributed by atoms with Gasteiger partial charge in [0.05, 0.1) is 0 Å². The van der Waals surface area contributed by atoms with Crippen LogP contribution in [-0.2, 0) is 15.9 Å². The first-order valence-corrected chi connectivity index (χ1v) is 13.0. The second-order valence-electron chi connectivity index (χ2n) is 8.48. The van der Waals surface area contributed by atoms with Gasteiger partial charge in [-0.1, -0.05) is 67.8 Å². The zero-order chi connectivity index (χ0) is 22.7. The highest BCUT2D eigenvalue weighted by Gasteiger charge is 2.23. The van der Waals surface area contributed by atoms with E-state index >= 15 is 0 Å². The lowest BCUT2D eigenvalue weighted by atomic mass is 9.95. The molecule has 33 heavy (non-hydrogen) atoms. The minimum atomic E-state index is -3.84. The number of rotatable bonds is 7. The van der Waals surface area contributed by atoms with E-state index in [1.165, 1.54) is 19.3 Å². The average Bonchev–Trinajstić information content (AvgIpc) is 3.18. The molecule has 4 aromatic rings. The first kappa shape index (κ1) is 21.5. The van der Waals surface area contributed by atoms with Gasteiger partial charge in [-0.15, -0.1) is 0 Å². The summed E-state index contributed by atoms with van der Waals surface area (Å²) in [6.07, 6.45) is 7.90. The summed E-state index contributed by atoms with van der Waals surface area (Å²) in [7, 11) is -3.84. The van der Waals surface area contributed by atoms with Crippen LogP contribution in [0.2, 0.25) is 0 Å². The SMILES string of the molecule is O=S(=O)(Cc1ccccc1)Oc1ccccc1-c1nc2ccccn2c1NC1CCCCC1. The van der Waals surface area contributed by atoms with Crippen molar-refractivity contribution in [1.29, 1.82) is 0 Å². The lowest BCUT2D eigenvalue weighted by Crippen LogP contribution is -2.23. The molecule has 0 spiro atoms. The van der Waals surface area contributed by atoms with Gasteiger partial charge in [0.1, 0.15) is 22.9 Å². The molecule has 0 unspecified atom stereocenters. The molecule has 0 saturated heterocycles. The Kier molecular flexibility index (Phi) is 6.05. The Labute approximate surface area is 194 Å². The van der Waals surface area contributed by atoms with E-state index in [-0.39, 0.29) is 11.5 Å². The van der Waals surface area contributed by atoms with Crippen LogP contribution >= 0.6 is 0 Å². The van der Waals surface area contributed by atoms with Crippen LogP contribution in [0.1, 0.15) is 37.7 Å². The highest BCUT2D eigenvalue weighted by Crippen LogP contribution is 2.37. The summed E-state index contributed by atoms with van der Waals surface area (Å²) in [5.74, 6) is 0.957. The van der Waals surface area contributed by atoms with Crippen LogP contribution in [0.15, 0.2) is 79.0 Å².